The van der Waals surface area contributed by atoms with Crippen LogP contribution in [0, 0.1) is 0 Å². The van der Waals surface area contributed by atoms with Crippen LogP contribution in [0.5, 0.6) is 0 Å². The fourth-order valence-electron chi connectivity index (χ4n) is 2.34. The first kappa shape index (κ1) is 19.8. The van der Waals surface area contributed by atoms with E-state index in [0.29, 0.717) is 12.7 Å². The molecule has 1 aromatic heterocycles. The number of aromatic amines is 1. The van der Waals surface area contributed by atoms with Crippen LogP contribution in [0.2, 0.25) is 0 Å². The Balaban J connectivity index is 1.91. The van der Waals surface area contributed by atoms with Crippen molar-refractivity contribution in [2.45, 2.75) is 31.8 Å². The van der Waals surface area contributed by atoms with E-state index < -0.39 is 36.3 Å². The Morgan fingerprint density at radius 2 is 1.93 bits per heavy atom. The van der Waals surface area contributed by atoms with Crippen LogP contribution in [0.25, 0.3) is 0 Å². The van der Waals surface area contributed by atoms with E-state index in [2.05, 4.69) is 20.6 Å². The summed E-state index contributed by atoms with van der Waals surface area (Å²) in [6, 6.07) is 7.51. The molecular weight excluding hydrogens is 352 g/mol. The van der Waals surface area contributed by atoms with Crippen molar-refractivity contribution in [3.63, 3.8) is 0 Å². The molecule has 0 spiro atoms. The standard InChI is InChI=1S/C18H20N4O5/c1-11(17(26)22-14(10-23)8-15(24)25)20-18(27)16-19-9-13(21-16)7-12-5-3-2-4-6-12/h2-6,9-11,14H,7-8H2,1H3,(H,19,21)(H,20,27)(H,22,26)(H,24,25)/t11-,14-/m0/s1. The molecule has 0 radical (unpaired) electrons. The van der Waals surface area contributed by atoms with E-state index in [1.165, 1.54) is 6.92 Å². The van der Waals surface area contributed by atoms with Crippen molar-refractivity contribution >= 4 is 24.1 Å². The first-order valence-electron chi connectivity index (χ1n) is 8.25. The summed E-state index contributed by atoms with van der Waals surface area (Å²) in [4.78, 5) is 52.6. The molecule has 9 heteroatoms. The van der Waals surface area contributed by atoms with Crippen molar-refractivity contribution in [3.8, 4) is 0 Å². The molecule has 0 saturated heterocycles. The highest BCUT2D eigenvalue weighted by atomic mass is 16.4. The summed E-state index contributed by atoms with van der Waals surface area (Å²) in [6.07, 6.45) is 1.93. The van der Waals surface area contributed by atoms with Gasteiger partial charge in [0, 0.05) is 18.3 Å². The third-order valence-corrected chi connectivity index (χ3v) is 3.71. The molecule has 0 unspecified atom stereocenters. The molecule has 0 fully saturated rings. The third-order valence-electron chi connectivity index (χ3n) is 3.71. The zero-order chi connectivity index (χ0) is 19.8. The molecule has 2 aromatic rings. The summed E-state index contributed by atoms with van der Waals surface area (Å²) in [5, 5.41) is 13.4. The van der Waals surface area contributed by atoms with Gasteiger partial charge < -0.3 is 25.5 Å². The quantitative estimate of drug-likeness (QED) is 0.466. The highest BCUT2D eigenvalue weighted by molar-refractivity contribution is 5.95. The van der Waals surface area contributed by atoms with Gasteiger partial charge in [0.2, 0.25) is 5.91 Å². The summed E-state index contributed by atoms with van der Waals surface area (Å²) in [5.41, 5.74) is 1.80. The van der Waals surface area contributed by atoms with Gasteiger partial charge in [-0.15, -0.1) is 0 Å². The smallest absolute Gasteiger partial charge is 0.305 e. The number of carbonyl (C=O) groups excluding carboxylic acids is 3. The van der Waals surface area contributed by atoms with Gasteiger partial charge in [-0.2, -0.15) is 0 Å². The number of amides is 2. The van der Waals surface area contributed by atoms with E-state index in [-0.39, 0.29) is 5.82 Å². The second-order valence-electron chi connectivity index (χ2n) is 5.96. The Kier molecular flexibility index (Phi) is 6.81. The van der Waals surface area contributed by atoms with Crippen LogP contribution in [-0.2, 0) is 20.8 Å². The minimum absolute atomic E-state index is 0.0538. The molecule has 0 saturated carbocycles. The first-order valence-corrected chi connectivity index (χ1v) is 8.25. The molecule has 0 aliphatic carbocycles. The average molecular weight is 372 g/mol. The van der Waals surface area contributed by atoms with Gasteiger partial charge in [0.1, 0.15) is 12.3 Å². The lowest BCUT2D eigenvalue weighted by Crippen LogP contribution is -2.49. The van der Waals surface area contributed by atoms with Gasteiger partial charge in [0.25, 0.3) is 5.91 Å². The van der Waals surface area contributed by atoms with Crippen molar-refractivity contribution in [1.29, 1.82) is 0 Å². The number of rotatable bonds is 9. The van der Waals surface area contributed by atoms with Gasteiger partial charge in [0.15, 0.2) is 5.82 Å². The molecule has 2 atom stereocenters. The maximum absolute atomic E-state index is 12.2. The number of hydrogen-bond donors (Lipinski definition) is 4. The van der Waals surface area contributed by atoms with Crippen LogP contribution < -0.4 is 10.6 Å². The molecule has 0 aliphatic rings. The summed E-state index contributed by atoms with van der Waals surface area (Å²) in [7, 11) is 0. The maximum Gasteiger partial charge on any atom is 0.305 e. The van der Waals surface area contributed by atoms with E-state index in [1.807, 2.05) is 30.3 Å². The van der Waals surface area contributed by atoms with E-state index in [1.54, 1.807) is 6.20 Å². The van der Waals surface area contributed by atoms with Crippen LogP contribution in [0.15, 0.2) is 36.5 Å². The van der Waals surface area contributed by atoms with Crippen LogP contribution >= 0.6 is 0 Å². The Morgan fingerprint density at radius 3 is 2.56 bits per heavy atom. The Morgan fingerprint density at radius 1 is 1.22 bits per heavy atom. The van der Waals surface area contributed by atoms with E-state index in [0.717, 1.165) is 11.3 Å². The number of aliphatic carboxylic acids is 1. The van der Waals surface area contributed by atoms with Gasteiger partial charge in [-0.25, -0.2) is 4.98 Å². The van der Waals surface area contributed by atoms with Crippen molar-refractivity contribution in [2.75, 3.05) is 0 Å². The number of imidazole rings is 1. The summed E-state index contributed by atoms with van der Waals surface area (Å²) in [6.45, 7) is 1.42. The number of nitrogens with zero attached hydrogens (tertiary/aromatic N) is 1. The molecule has 27 heavy (non-hydrogen) atoms. The van der Waals surface area contributed by atoms with Gasteiger partial charge >= 0.3 is 5.97 Å². The number of nitrogens with one attached hydrogen (secondary N) is 3. The lowest BCUT2D eigenvalue weighted by atomic mass is 10.1. The highest BCUT2D eigenvalue weighted by Crippen LogP contribution is 2.07. The van der Waals surface area contributed by atoms with Gasteiger partial charge in [-0.3, -0.25) is 14.4 Å². The maximum atomic E-state index is 12.2. The number of benzene rings is 1. The van der Waals surface area contributed by atoms with Crippen LogP contribution in [0.1, 0.15) is 35.2 Å². The SMILES string of the molecule is C[C@H](NC(=O)c1ncc(Cc2ccccc2)[nH]1)C(=O)N[C@H](C=O)CC(=O)O. The molecule has 9 nitrogen and oxygen atoms in total. The number of carbonyl (C=O) groups is 4. The Labute approximate surface area is 155 Å². The predicted octanol–water partition coefficient (Wildman–Crippen LogP) is 0.277. The molecular formula is C18H20N4O5. The molecule has 4 N–H and O–H groups in total. The largest absolute Gasteiger partial charge is 0.481 e. The monoisotopic (exact) mass is 372 g/mol. The van der Waals surface area contributed by atoms with Gasteiger partial charge in [0.05, 0.1) is 12.5 Å². The topological polar surface area (TPSA) is 141 Å². The summed E-state index contributed by atoms with van der Waals surface area (Å²) >= 11 is 0. The van der Waals surface area contributed by atoms with E-state index in [9.17, 15) is 19.2 Å². The number of aromatic nitrogens is 2. The van der Waals surface area contributed by atoms with Crippen molar-refractivity contribution < 1.29 is 24.3 Å². The number of H-pyrrole nitrogens is 1. The molecule has 0 aliphatic heterocycles. The molecule has 142 valence electrons. The lowest BCUT2D eigenvalue weighted by Gasteiger charge is -2.16. The number of carboxylic acids is 1. The molecule has 1 heterocycles. The second-order valence-corrected chi connectivity index (χ2v) is 5.96. The summed E-state index contributed by atoms with van der Waals surface area (Å²) in [5.74, 6) is -2.42. The number of carboxylic acid groups (broad SMARTS) is 1. The minimum atomic E-state index is -1.22. The molecule has 0 bridgehead atoms. The zero-order valence-corrected chi connectivity index (χ0v) is 14.6. The normalized spacial score (nSPS) is 12.6. The van der Waals surface area contributed by atoms with E-state index >= 15 is 0 Å². The fraction of sp³-hybridized carbons (Fsp3) is 0.278. The van der Waals surface area contributed by atoms with Crippen molar-refractivity contribution in [2.24, 2.45) is 0 Å². The number of hydrogen-bond acceptors (Lipinski definition) is 5. The molecule has 1 aromatic carbocycles. The van der Waals surface area contributed by atoms with Crippen molar-refractivity contribution in [3.05, 3.63) is 53.6 Å². The summed E-state index contributed by atoms with van der Waals surface area (Å²) < 4.78 is 0. The average Bonchev–Trinajstić information content (AvgIpc) is 3.10. The lowest BCUT2D eigenvalue weighted by molar-refractivity contribution is -0.138. The van der Waals surface area contributed by atoms with Crippen LogP contribution in [0.3, 0.4) is 0 Å². The Hall–Kier alpha value is -3.49. The zero-order valence-electron chi connectivity index (χ0n) is 14.6. The van der Waals surface area contributed by atoms with Gasteiger partial charge in [-0.05, 0) is 12.5 Å². The molecule has 2 amide bonds. The molecule has 2 rings (SSSR count). The van der Waals surface area contributed by atoms with Crippen molar-refractivity contribution in [1.82, 2.24) is 20.6 Å². The minimum Gasteiger partial charge on any atom is -0.481 e. The predicted molar refractivity (Wildman–Crippen MR) is 95.0 cm³/mol. The van der Waals surface area contributed by atoms with Crippen LogP contribution in [-0.4, -0.2) is 51.2 Å². The van der Waals surface area contributed by atoms with Gasteiger partial charge in [-0.1, -0.05) is 30.3 Å². The third kappa shape index (κ3) is 6.07. The highest BCUT2D eigenvalue weighted by Gasteiger charge is 2.22. The number of aldehydes is 1. The van der Waals surface area contributed by atoms with E-state index in [4.69, 9.17) is 5.11 Å². The second kappa shape index (κ2) is 9.27. The first-order chi connectivity index (χ1) is 12.9. The fourth-order valence-corrected chi connectivity index (χ4v) is 2.34. The Bertz CT molecular complexity index is 818. The van der Waals surface area contributed by atoms with Crippen LogP contribution in [0.4, 0.5) is 0 Å².